The largest absolute Gasteiger partial charge is 0.424 e. The van der Waals surface area contributed by atoms with Gasteiger partial charge in [-0.1, -0.05) is 62.1 Å². The predicted molar refractivity (Wildman–Crippen MR) is 268 cm³/mol. The number of aryl methyl sites for hydroxylation is 2. The average molecular weight is 986 g/mol. The van der Waals surface area contributed by atoms with Crippen molar-refractivity contribution in [2.75, 3.05) is 20.1 Å². The Labute approximate surface area is 417 Å². The quantitative estimate of drug-likeness (QED) is 0.0913. The van der Waals surface area contributed by atoms with Crippen LogP contribution in [0.5, 0.6) is 0 Å². The highest BCUT2D eigenvalue weighted by Crippen LogP contribution is 2.40. The maximum absolute atomic E-state index is 13.5. The van der Waals surface area contributed by atoms with Crippen LogP contribution in [0, 0.1) is 36.5 Å². The van der Waals surface area contributed by atoms with E-state index in [9.17, 15) is 19.2 Å². The van der Waals surface area contributed by atoms with Gasteiger partial charge in [0.1, 0.15) is 37.9 Å². The fourth-order valence-electron chi connectivity index (χ4n) is 11.8. The number of fused-ring (bicyclic) bond motifs is 6. The van der Waals surface area contributed by atoms with Crippen LogP contribution < -0.4 is 20.2 Å². The van der Waals surface area contributed by atoms with Gasteiger partial charge in [-0.3, -0.25) is 19.2 Å². The first-order valence-corrected chi connectivity index (χ1v) is 24.4. The summed E-state index contributed by atoms with van der Waals surface area (Å²) >= 11 is 0. The highest BCUT2D eigenvalue weighted by Gasteiger charge is 2.43. The fraction of sp³-hybridized carbons (Fsp3) is 0.509. The third-order valence-corrected chi connectivity index (χ3v) is 16.1. The summed E-state index contributed by atoms with van der Waals surface area (Å²) in [4.78, 5) is 52.6. The minimum atomic E-state index is -0.512. The molecule has 2 atom stereocenters. The van der Waals surface area contributed by atoms with Crippen molar-refractivity contribution >= 4 is 70.1 Å². The Morgan fingerprint density at radius 2 is 1.09 bits per heavy atom. The number of rotatable bonds is 13. The lowest BCUT2D eigenvalue weighted by molar-refractivity contribution is -0.733. The van der Waals surface area contributed by atoms with E-state index in [1.54, 1.807) is 0 Å². The van der Waals surface area contributed by atoms with E-state index in [-0.39, 0.29) is 73.6 Å². The molecule has 0 saturated heterocycles. The lowest BCUT2D eigenvalue weighted by Crippen LogP contribution is -2.43. The Morgan fingerprint density at radius 1 is 0.681 bits per heavy atom. The number of para-hydroxylation sites is 2. The van der Waals surface area contributed by atoms with Crippen molar-refractivity contribution in [1.82, 2.24) is 23.6 Å². The Kier molecular flexibility index (Phi) is 16.0. The van der Waals surface area contributed by atoms with Gasteiger partial charge < -0.3 is 29.7 Å². The Morgan fingerprint density at radius 3 is 1.51 bits per heavy atom. The second kappa shape index (κ2) is 21.4. The molecule has 0 radical (unpaired) electrons. The second-order valence-electron chi connectivity index (χ2n) is 19.8. The highest BCUT2D eigenvalue weighted by molar-refractivity contribution is 6.12. The van der Waals surface area contributed by atoms with Crippen molar-refractivity contribution in [3.8, 4) is 0 Å². The maximum Gasteiger partial charge on any atom is 0.316 e. The van der Waals surface area contributed by atoms with Gasteiger partial charge >= 0.3 is 11.9 Å². The predicted octanol–water partition coefficient (Wildman–Crippen LogP) is 7.19. The smallest absolute Gasteiger partial charge is 0.316 e. The maximum atomic E-state index is 13.5. The number of nitrogens with one attached hydrogen (secondary N) is 1. The number of ketones is 2. The van der Waals surface area contributed by atoms with Crippen molar-refractivity contribution in [2.45, 2.75) is 117 Å². The van der Waals surface area contributed by atoms with Crippen LogP contribution in [0.4, 0.5) is 0 Å². The summed E-state index contributed by atoms with van der Waals surface area (Å²) in [5.74, 6) is 2.00. The van der Waals surface area contributed by atoms with E-state index >= 15 is 0 Å². The molecule has 6 aromatic rings. The molecule has 2 saturated carbocycles. The molecule has 2 aromatic carbocycles. The van der Waals surface area contributed by atoms with Gasteiger partial charge in [0.15, 0.2) is 11.6 Å². The first kappa shape index (κ1) is 51.6. The molecule has 2 fully saturated rings. The summed E-state index contributed by atoms with van der Waals surface area (Å²) in [5, 5.41) is 5.28. The lowest BCUT2D eigenvalue weighted by atomic mass is 9.85. The summed E-state index contributed by atoms with van der Waals surface area (Å²) in [7, 11) is 6.00. The van der Waals surface area contributed by atoms with Crippen molar-refractivity contribution in [1.29, 1.82) is 0 Å². The number of hydrogen-bond acceptors (Lipinski definition) is 8. The summed E-state index contributed by atoms with van der Waals surface area (Å²) in [6.07, 6.45) is 18.9. The number of halogens is 2. The van der Waals surface area contributed by atoms with E-state index in [4.69, 9.17) is 15.2 Å². The number of imidazole rings is 2. The zero-order chi connectivity index (χ0) is 47.0. The molecule has 4 aliphatic carbocycles. The molecule has 3 N–H and O–H groups in total. The molecule has 370 valence electrons. The molecule has 0 bridgehead atoms. The van der Waals surface area contributed by atoms with Gasteiger partial charge in [-0.05, 0) is 70.5 Å². The average Bonchev–Trinajstić information content (AvgIpc) is 4.22. The first-order valence-electron chi connectivity index (χ1n) is 24.4. The van der Waals surface area contributed by atoms with Crippen LogP contribution >= 0.6 is 24.8 Å². The number of hydrogen-bond donors (Lipinski definition) is 2. The monoisotopic (exact) mass is 984 g/mol. The molecule has 4 heterocycles. The molecule has 0 aliphatic heterocycles. The summed E-state index contributed by atoms with van der Waals surface area (Å²) in [6, 6.07) is 16.3. The molecule has 14 nitrogen and oxygen atoms in total. The van der Waals surface area contributed by atoms with Gasteiger partial charge in [-0.15, -0.1) is 24.8 Å². The lowest BCUT2D eigenvalue weighted by Gasteiger charge is -2.25. The normalized spacial score (nSPS) is 19.0. The Bertz CT molecular complexity index is 2840. The van der Waals surface area contributed by atoms with Crippen molar-refractivity contribution in [2.24, 2.45) is 42.5 Å². The summed E-state index contributed by atoms with van der Waals surface area (Å²) < 4.78 is 23.9. The van der Waals surface area contributed by atoms with Crippen LogP contribution in [0.2, 0.25) is 0 Å². The van der Waals surface area contributed by atoms with Crippen molar-refractivity contribution < 1.29 is 37.8 Å². The molecule has 69 heavy (non-hydrogen) atoms. The van der Waals surface area contributed by atoms with Crippen molar-refractivity contribution in [3.05, 3.63) is 107 Å². The Balaban J connectivity index is 0.000000198. The third-order valence-electron chi connectivity index (χ3n) is 16.1. The van der Waals surface area contributed by atoms with Gasteiger partial charge in [0, 0.05) is 85.4 Å². The third kappa shape index (κ3) is 9.54. The van der Waals surface area contributed by atoms with Gasteiger partial charge in [0.05, 0.1) is 22.7 Å². The topological polar surface area (TPSA) is 152 Å². The van der Waals surface area contributed by atoms with E-state index in [1.807, 2.05) is 79.1 Å². The number of aromatic nitrogens is 6. The van der Waals surface area contributed by atoms with E-state index in [1.165, 1.54) is 0 Å². The molecule has 0 amide bonds. The molecular formula is C53H70Cl2N8O6+2. The standard InChI is InChI=1S/C27H35N4O3.C26H33N4O3.2ClH/c1-19-30(14-15-31(19)18-34-26(33)27(17-28-2)12-6-7-13-27)16-20-10-11-23-24(25(20)32)21-8-4-5-9-22(21)29(23)3;1-18-29(13-14-30(18)17-33-25(32)26(16-27)11-5-6-12-26)15-19-9-10-22-23(24(19)31)20-7-3-4-8-21(20)28(22)2;;/h4-5,8-9,14-15,20,28H,6-7,10-13,16-18H2,1-3H3;3-4,7-8,13-14,19H,5-6,9-12,15-17,27H2,1-2H3;2*1H/q2*+1;;. The molecule has 10 rings (SSSR count). The van der Waals surface area contributed by atoms with Crippen molar-refractivity contribution in [3.63, 3.8) is 0 Å². The number of carbonyl (C=O) groups is 4. The van der Waals surface area contributed by atoms with Crippen LogP contribution in [-0.2, 0) is 72.6 Å². The molecule has 0 spiro atoms. The van der Waals surface area contributed by atoms with E-state index < -0.39 is 10.8 Å². The molecule has 2 unspecified atom stereocenters. The van der Waals surface area contributed by atoms with Gasteiger partial charge in [0.25, 0.3) is 11.6 Å². The SMILES string of the molecule is CNCC1(C(=O)OC[n+]2ccn(CC3CCc4c(c5ccccc5n4C)C3=O)c2C)CCCC1.Cc1n(CC2CCc3c(c4ccccc4n3C)C2=O)cc[n+]1COC(=O)C1(CN)CCCC1.Cl.Cl. The fourth-order valence-corrected chi connectivity index (χ4v) is 11.8. The van der Waals surface area contributed by atoms with E-state index in [2.05, 4.69) is 61.9 Å². The second-order valence-corrected chi connectivity index (χ2v) is 19.8. The van der Waals surface area contributed by atoms with Crippen LogP contribution in [0.3, 0.4) is 0 Å². The van der Waals surface area contributed by atoms with Gasteiger partial charge in [0.2, 0.25) is 13.5 Å². The number of carbonyl (C=O) groups excluding carboxylic acids is 4. The zero-order valence-electron chi connectivity index (χ0n) is 40.8. The van der Waals surface area contributed by atoms with Crippen LogP contribution in [0.25, 0.3) is 21.8 Å². The van der Waals surface area contributed by atoms with Crippen LogP contribution in [-0.4, -0.2) is 61.9 Å². The number of nitrogens with zero attached hydrogens (tertiary/aromatic N) is 6. The minimum Gasteiger partial charge on any atom is -0.424 e. The summed E-state index contributed by atoms with van der Waals surface area (Å²) in [6.45, 7) is 6.66. The van der Waals surface area contributed by atoms with E-state index in [0.29, 0.717) is 26.2 Å². The molecular weight excluding hydrogens is 916 g/mol. The van der Waals surface area contributed by atoms with Crippen LogP contribution in [0.15, 0.2) is 73.3 Å². The number of esters is 2. The number of Topliss-reactive ketones (excluding diaryl/α,β-unsaturated/α-hetero) is 2. The minimum absolute atomic E-state index is 0. The van der Waals surface area contributed by atoms with Crippen LogP contribution in [0.1, 0.15) is 108 Å². The number of ether oxygens (including phenoxy) is 2. The van der Waals surface area contributed by atoms with Gasteiger partial charge in [-0.2, -0.15) is 9.13 Å². The number of nitrogens with two attached hydrogens (primary N) is 1. The first-order chi connectivity index (χ1) is 32.4. The zero-order valence-corrected chi connectivity index (χ0v) is 42.5. The highest BCUT2D eigenvalue weighted by atomic mass is 35.5. The summed E-state index contributed by atoms with van der Waals surface area (Å²) in [5.41, 5.74) is 11.3. The molecule has 16 heteroatoms. The molecule has 4 aliphatic rings. The number of benzene rings is 2. The van der Waals surface area contributed by atoms with Gasteiger partial charge in [-0.25, -0.2) is 9.13 Å². The van der Waals surface area contributed by atoms with E-state index in [0.717, 1.165) is 133 Å². The molecule has 4 aromatic heterocycles. The Hall–Kier alpha value is -5.28.